The van der Waals surface area contributed by atoms with Crippen LogP contribution < -0.4 is 10.9 Å². The van der Waals surface area contributed by atoms with E-state index in [2.05, 4.69) is 20.4 Å². The SMILES string of the molecule is Cc1cc(=O)[nH]c(-n2nc(-c3cccs3)cc2NC(=O)C2CCCC2)n1. The summed E-state index contributed by atoms with van der Waals surface area (Å²) in [6, 6.07) is 7.15. The molecule has 0 saturated heterocycles. The maximum atomic E-state index is 12.6. The molecule has 26 heavy (non-hydrogen) atoms. The first kappa shape index (κ1) is 16.7. The summed E-state index contributed by atoms with van der Waals surface area (Å²) >= 11 is 1.56. The number of aryl methyl sites for hydroxylation is 1. The lowest BCUT2D eigenvalue weighted by Crippen LogP contribution is -2.23. The molecule has 3 aromatic heterocycles. The summed E-state index contributed by atoms with van der Waals surface area (Å²) in [6.45, 7) is 1.75. The van der Waals surface area contributed by atoms with E-state index >= 15 is 0 Å². The first-order valence-electron chi connectivity index (χ1n) is 8.63. The molecule has 1 fully saturated rings. The molecule has 7 nitrogen and oxygen atoms in total. The van der Waals surface area contributed by atoms with Gasteiger partial charge in [-0.1, -0.05) is 18.9 Å². The average molecular weight is 369 g/mol. The highest BCUT2D eigenvalue weighted by atomic mass is 32.1. The molecule has 0 bridgehead atoms. The third-order valence-corrected chi connectivity index (χ3v) is 5.41. The van der Waals surface area contributed by atoms with Gasteiger partial charge >= 0.3 is 0 Å². The van der Waals surface area contributed by atoms with Gasteiger partial charge in [-0.3, -0.25) is 14.6 Å². The van der Waals surface area contributed by atoms with E-state index in [0.717, 1.165) is 36.3 Å². The molecule has 0 atom stereocenters. The van der Waals surface area contributed by atoms with E-state index in [1.165, 1.54) is 10.7 Å². The number of hydrogen-bond acceptors (Lipinski definition) is 5. The lowest BCUT2D eigenvalue weighted by molar-refractivity contribution is -0.119. The predicted octanol–water partition coefficient (Wildman–Crippen LogP) is 3.12. The van der Waals surface area contributed by atoms with Gasteiger partial charge in [0.1, 0.15) is 11.5 Å². The van der Waals surface area contributed by atoms with Crippen LogP contribution in [-0.4, -0.2) is 25.7 Å². The van der Waals surface area contributed by atoms with Crippen molar-refractivity contribution in [1.29, 1.82) is 0 Å². The summed E-state index contributed by atoms with van der Waals surface area (Å²) in [5.74, 6) is 0.836. The van der Waals surface area contributed by atoms with Crippen molar-refractivity contribution in [3.05, 3.63) is 45.7 Å². The molecule has 1 aliphatic rings. The van der Waals surface area contributed by atoms with Gasteiger partial charge in [0.15, 0.2) is 0 Å². The third kappa shape index (κ3) is 3.32. The molecular formula is C18H19N5O2S. The Balaban J connectivity index is 1.75. The summed E-state index contributed by atoms with van der Waals surface area (Å²) in [4.78, 5) is 32.5. The minimum absolute atomic E-state index is 0.00335. The van der Waals surface area contributed by atoms with Crippen molar-refractivity contribution in [1.82, 2.24) is 19.7 Å². The molecule has 4 rings (SSSR count). The molecular weight excluding hydrogens is 350 g/mol. The fourth-order valence-electron chi connectivity index (χ4n) is 3.26. The Bertz CT molecular complexity index is 983. The molecule has 1 aliphatic carbocycles. The van der Waals surface area contributed by atoms with E-state index in [1.54, 1.807) is 18.3 Å². The number of rotatable bonds is 4. The predicted molar refractivity (Wildman–Crippen MR) is 101 cm³/mol. The van der Waals surface area contributed by atoms with Crippen molar-refractivity contribution in [3.63, 3.8) is 0 Å². The number of nitrogens with one attached hydrogen (secondary N) is 2. The monoisotopic (exact) mass is 369 g/mol. The van der Waals surface area contributed by atoms with E-state index in [-0.39, 0.29) is 17.4 Å². The quantitative estimate of drug-likeness (QED) is 0.739. The summed E-state index contributed by atoms with van der Waals surface area (Å²) in [6.07, 6.45) is 4.00. The summed E-state index contributed by atoms with van der Waals surface area (Å²) in [7, 11) is 0. The molecule has 0 spiro atoms. The standard InChI is InChI=1S/C18H19N5O2S/c1-11-9-16(24)21-18(19-11)23-15(20-17(25)12-5-2-3-6-12)10-13(22-23)14-7-4-8-26-14/h4,7-10,12H,2-3,5-6H2,1H3,(H,20,25)(H,19,21,24). The van der Waals surface area contributed by atoms with Crippen LogP contribution in [0.3, 0.4) is 0 Å². The molecule has 3 heterocycles. The lowest BCUT2D eigenvalue weighted by Gasteiger charge is -2.11. The van der Waals surface area contributed by atoms with E-state index in [4.69, 9.17) is 0 Å². The number of nitrogens with zero attached hydrogens (tertiary/aromatic N) is 3. The molecule has 1 saturated carbocycles. The van der Waals surface area contributed by atoms with Gasteiger partial charge in [0, 0.05) is 23.7 Å². The van der Waals surface area contributed by atoms with Crippen LogP contribution in [0, 0.1) is 12.8 Å². The fourth-order valence-corrected chi connectivity index (χ4v) is 3.94. The van der Waals surface area contributed by atoms with Crippen LogP contribution >= 0.6 is 11.3 Å². The minimum atomic E-state index is -0.256. The average Bonchev–Trinajstić information content (AvgIpc) is 3.35. The molecule has 0 aromatic carbocycles. The highest BCUT2D eigenvalue weighted by molar-refractivity contribution is 7.13. The van der Waals surface area contributed by atoms with E-state index < -0.39 is 0 Å². The Hall–Kier alpha value is -2.74. The van der Waals surface area contributed by atoms with E-state index in [0.29, 0.717) is 17.5 Å². The second kappa shape index (κ2) is 6.87. The number of thiophene rings is 1. The van der Waals surface area contributed by atoms with Crippen molar-refractivity contribution in [2.24, 2.45) is 5.92 Å². The van der Waals surface area contributed by atoms with Gasteiger partial charge in [0.2, 0.25) is 11.9 Å². The Labute approximate surface area is 154 Å². The second-order valence-electron chi connectivity index (χ2n) is 6.48. The van der Waals surface area contributed by atoms with Crippen LogP contribution in [0.4, 0.5) is 5.82 Å². The van der Waals surface area contributed by atoms with E-state index in [1.807, 2.05) is 23.6 Å². The minimum Gasteiger partial charge on any atom is -0.310 e. The van der Waals surface area contributed by atoms with Crippen molar-refractivity contribution >= 4 is 23.1 Å². The van der Waals surface area contributed by atoms with Gasteiger partial charge in [-0.25, -0.2) is 4.98 Å². The van der Waals surface area contributed by atoms with Gasteiger partial charge in [0.05, 0.1) is 4.88 Å². The van der Waals surface area contributed by atoms with Gasteiger partial charge in [-0.2, -0.15) is 9.78 Å². The van der Waals surface area contributed by atoms with Crippen LogP contribution in [0.5, 0.6) is 0 Å². The number of carbonyl (C=O) groups excluding carboxylic acids is 1. The second-order valence-corrected chi connectivity index (χ2v) is 7.43. The first-order chi connectivity index (χ1) is 12.6. The topological polar surface area (TPSA) is 92.7 Å². The van der Waals surface area contributed by atoms with E-state index in [9.17, 15) is 9.59 Å². The Kier molecular flexibility index (Phi) is 4.42. The highest BCUT2D eigenvalue weighted by Gasteiger charge is 2.24. The van der Waals surface area contributed by atoms with Crippen molar-refractivity contribution in [3.8, 4) is 16.5 Å². The Morgan fingerprint density at radius 3 is 2.85 bits per heavy atom. The van der Waals surface area contributed by atoms with Crippen molar-refractivity contribution in [2.75, 3.05) is 5.32 Å². The van der Waals surface area contributed by atoms with Crippen LogP contribution in [0.1, 0.15) is 31.4 Å². The summed E-state index contributed by atoms with van der Waals surface area (Å²) in [5.41, 5.74) is 1.06. The normalized spacial score (nSPS) is 14.7. The van der Waals surface area contributed by atoms with Crippen molar-refractivity contribution < 1.29 is 4.79 Å². The number of anilines is 1. The maximum absolute atomic E-state index is 12.6. The van der Waals surface area contributed by atoms with Crippen LogP contribution in [0.15, 0.2) is 34.4 Å². The Morgan fingerprint density at radius 1 is 1.35 bits per heavy atom. The molecule has 0 aliphatic heterocycles. The van der Waals surface area contributed by atoms with Gasteiger partial charge in [-0.05, 0) is 31.2 Å². The number of carbonyl (C=O) groups is 1. The summed E-state index contributed by atoms with van der Waals surface area (Å²) < 4.78 is 1.50. The molecule has 0 radical (unpaired) electrons. The van der Waals surface area contributed by atoms with Crippen molar-refractivity contribution in [2.45, 2.75) is 32.6 Å². The van der Waals surface area contributed by atoms with Crippen LogP contribution in [0.2, 0.25) is 0 Å². The number of aromatic amines is 1. The molecule has 1 amide bonds. The molecule has 0 unspecified atom stereocenters. The molecule has 134 valence electrons. The first-order valence-corrected chi connectivity index (χ1v) is 9.51. The van der Waals surface area contributed by atoms with Crippen LogP contribution in [0.25, 0.3) is 16.5 Å². The van der Waals surface area contributed by atoms with Gasteiger partial charge < -0.3 is 5.32 Å². The Morgan fingerprint density at radius 2 is 2.15 bits per heavy atom. The number of H-pyrrole nitrogens is 1. The zero-order valence-corrected chi connectivity index (χ0v) is 15.2. The zero-order valence-electron chi connectivity index (χ0n) is 14.4. The number of amides is 1. The molecule has 3 aromatic rings. The molecule has 2 N–H and O–H groups in total. The zero-order chi connectivity index (χ0) is 18.1. The summed E-state index contributed by atoms with van der Waals surface area (Å²) in [5, 5.41) is 9.51. The molecule has 8 heteroatoms. The number of hydrogen-bond donors (Lipinski definition) is 2. The highest BCUT2D eigenvalue weighted by Crippen LogP contribution is 2.29. The number of aromatic nitrogens is 4. The maximum Gasteiger partial charge on any atom is 0.252 e. The smallest absolute Gasteiger partial charge is 0.252 e. The fraction of sp³-hybridized carbons (Fsp3) is 0.333. The third-order valence-electron chi connectivity index (χ3n) is 4.52. The van der Waals surface area contributed by atoms with Gasteiger partial charge in [0.25, 0.3) is 5.56 Å². The largest absolute Gasteiger partial charge is 0.310 e. The lowest BCUT2D eigenvalue weighted by atomic mass is 10.1. The van der Waals surface area contributed by atoms with Crippen LogP contribution in [-0.2, 0) is 4.79 Å². The van der Waals surface area contributed by atoms with Gasteiger partial charge in [-0.15, -0.1) is 11.3 Å².